The Morgan fingerprint density at radius 2 is 1.59 bits per heavy atom. The number of ether oxygens (including phenoxy) is 1. The number of hydrogen-bond acceptors (Lipinski definition) is 4. The van der Waals surface area contributed by atoms with Crippen LogP contribution >= 0.6 is 0 Å². The Kier molecular flexibility index (Phi) is 5.80. The molecule has 7 heteroatoms. The Morgan fingerprint density at radius 3 is 2.15 bits per heavy atom. The first-order valence-electron chi connectivity index (χ1n) is 12.0. The van der Waals surface area contributed by atoms with Gasteiger partial charge in [0.2, 0.25) is 5.91 Å². The maximum Gasteiger partial charge on any atom is 0.408 e. The van der Waals surface area contributed by atoms with Gasteiger partial charge in [-0.25, -0.2) is 4.79 Å². The summed E-state index contributed by atoms with van der Waals surface area (Å²) in [6.45, 7) is 2.71. The van der Waals surface area contributed by atoms with Crippen LogP contribution in [0, 0.1) is 11.8 Å². The van der Waals surface area contributed by atoms with Crippen LogP contribution in [-0.4, -0.2) is 53.2 Å². The molecule has 2 N–H and O–H groups in total. The predicted molar refractivity (Wildman–Crippen MR) is 126 cm³/mol. The molecule has 1 aliphatic heterocycles. The van der Waals surface area contributed by atoms with E-state index in [0.717, 1.165) is 35.1 Å². The quantitative estimate of drug-likeness (QED) is 0.676. The fourth-order valence-corrected chi connectivity index (χ4v) is 5.70. The SMILES string of the molecule is CC(C(=O)O)C1CN(C(=O)C2(NC(=O)OCC3c4ccccc4-c4ccccc43)CCCC2)C1. The summed E-state index contributed by atoms with van der Waals surface area (Å²) < 4.78 is 5.70. The van der Waals surface area contributed by atoms with Crippen molar-refractivity contribution in [3.05, 3.63) is 59.7 Å². The molecular weight excluding hydrogens is 432 g/mol. The summed E-state index contributed by atoms with van der Waals surface area (Å²) in [5.41, 5.74) is 3.65. The van der Waals surface area contributed by atoms with Crippen LogP contribution < -0.4 is 5.32 Å². The van der Waals surface area contributed by atoms with Gasteiger partial charge in [0, 0.05) is 24.9 Å². The molecule has 3 aliphatic rings. The van der Waals surface area contributed by atoms with E-state index in [1.54, 1.807) is 11.8 Å². The van der Waals surface area contributed by atoms with Gasteiger partial charge in [0.15, 0.2) is 0 Å². The fraction of sp³-hybridized carbons (Fsp3) is 0.444. The first kappa shape index (κ1) is 22.4. The molecule has 0 spiro atoms. The second-order valence-electron chi connectivity index (χ2n) is 9.84. The predicted octanol–water partition coefficient (Wildman–Crippen LogP) is 4.02. The monoisotopic (exact) mass is 462 g/mol. The molecule has 1 heterocycles. The zero-order valence-electron chi connectivity index (χ0n) is 19.3. The summed E-state index contributed by atoms with van der Waals surface area (Å²) in [4.78, 5) is 39.1. The Bertz CT molecular complexity index is 1070. The molecule has 0 radical (unpaired) electrons. The molecule has 7 nitrogen and oxygen atoms in total. The van der Waals surface area contributed by atoms with Gasteiger partial charge in [0.1, 0.15) is 12.1 Å². The van der Waals surface area contributed by atoms with Gasteiger partial charge in [0.25, 0.3) is 0 Å². The molecule has 2 aromatic carbocycles. The topological polar surface area (TPSA) is 95.9 Å². The molecule has 0 bridgehead atoms. The summed E-state index contributed by atoms with van der Waals surface area (Å²) in [5, 5.41) is 12.1. The number of likely N-dealkylation sites (tertiary alicyclic amines) is 1. The van der Waals surface area contributed by atoms with Gasteiger partial charge < -0.3 is 20.1 Å². The van der Waals surface area contributed by atoms with Gasteiger partial charge in [-0.05, 0) is 35.1 Å². The minimum atomic E-state index is -0.958. The van der Waals surface area contributed by atoms with Crippen molar-refractivity contribution in [3.8, 4) is 11.1 Å². The third-order valence-electron chi connectivity index (χ3n) is 7.85. The molecule has 1 saturated heterocycles. The van der Waals surface area contributed by atoms with E-state index in [1.165, 1.54) is 0 Å². The van der Waals surface area contributed by atoms with Crippen LogP contribution in [-0.2, 0) is 14.3 Å². The number of carbonyl (C=O) groups excluding carboxylic acids is 2. The second-order valence-corrected chi connectivity index (χ2v) is 9.84. The van der Waals surface area contributed by atoms with Crippen molar-refractivity contribution in [2.24, 2.45) is 11.8 Å². The highest BCUT2D eigenvalue weighted by atomic mass is 16.5. The third-order valence-corrected chi connectivity index (χ3v) is 7.85. The number of fused-ring (bicyclic) bond motifs is 3. The van der Waals surface area contributed by atoms with E-state index in [4.69, 9.17) is 4.74 Å². The average Bonchev–Trinajstić information content (AvgIpc) is 3.40. The van der Waals surface area contributed by atoms with Gasteiger partial charge >= 0.3 is 12.1 Å². The number of carbonyl (C=O) groups is 3. The molecule has 2 aliphatic carbocycles. The van der Waals surface area contributed by atoms with Crippen LogP contribution in [0.3, 0.4) is 0 Å². The number of rotatable bonds is 6. The number of benzene rings is 2. The zero-order valence-corrected chi connectivity index (χ0v) is 19.3. The molecule has 0 aromatic heterocycles. The number of carboxylic acid groups (broad SMARTS) is 1. The van der Waals surface area contributed by atoms with E-state index in [0.29, 0.717) is 25.9 Å². The average molecular weight is 463 g/mol. The molecular formula is C27H30N2O5. The minimum absolute atomic E-state index is 0.0398. The third kappa shape index (κ3) is 3.83. The maximum absolute atomic E-state index is 13.3. The van der Waals surface area contributed by atoms with E-state index in [-0.39, 0.29) is 24.3 Å². The summed E-state index contributed by atoms with van der Waals surface area (Å²) in [6, 6.07) is 16.3. The minimum Gasteiger partial charge on any atom is -0.481 e. The molecule has 34 heavy (non-hydrogen) atoms. The van der Waals surface area contributed by atoms with Crippen LogP contribution in [0.1, 0.15) is 49.7 Å². The molecule has 2 aromatic rings. The van der Waals surface area contributed by atoms with Gasteiger partial charge in [-0.15, -0.1) is 0 Å². The number of amides is 2. The number of alkyl carbamates (subject to hydrolysis) is 1. The van der Waals surface area contributed by atoms with Gasteiger partial charge in [-0.1, -0.05) is 68.3 Å². The number of carboxylic acids is 1. The number of nitrogens with zero attached hydrogens (tertiary/aromatic N) is 1. The summed E-state index contributed by atoms with van der Waals surface area (Å²) >= 11 is 0. The van der Waals surface area contributed by atoms with Crippen molar-refractivity contribution < 1.29 is 24.2 Å². The number of nitrogens with one attached hydrogen (secondary N) is 1. The Hall–Kier alpha value is -3.35. The van der Waals surface area contributed by atoms with Crippen molar-refractivity contribution in [2.75, 3.05) is 19.7 Å². The number of aliphatic carboxylic acids is 1. The highest BCUT2D eigenvalue weighted by Crippen LogP contribution is 2.44. The standard InChI is InChI=1S/C27H30N2O5/c1-17(24(30)31)18-14-29(15-18)25(32)27(12-6-7-13-27)28-26(33)34-16-23-21-10-4-2-8-19(21)20-9-3-5-11-22(20)23/h2-5,8-11,17-18,23H,6-7,12-16H2,1H3,(H,28,33)(H,30,31). The molecule has 2 fully saturated rings. The summed E-state index contributed by atoms with van der Waals surface area (Å²) in [7, 11) is 0. The summed E-state index contributed by atoms with van der Waals surface area (Å²) in [6.07, 6.45) is 2.29. The Labute approximate surface area is 199 Å². The Morgan fingerprint density at radius 1 is 1.03 bits per heavy atom. The molecule has 1 unspecified atom stereocenters. The lowest BCUT2D eigenvalue weighted by molar-refractivity contribution is -0.153. The highest BCUT2D eigenvalue weighted by molar-refractivity contribution is 5.91. The van der Waals surface area contributed by atoms with E-state index in [1.807, 2.05) is 24.3 Å². The van der Waals surface area contributed by atoms with Crippen molar-refractivity contribution in [3.63, 3.8) is 0 Å². The smallest absolute Gasteiger partial charge is 0.408 e. The molecule has 1 saturated carbocycles. The zero-order chi connectivity index (χ0) is 23.9. The van der Waals surface area contributed by atoms with E-state index in [2.05, 4.69) is 29.6 Å². The lowest BCUT2D eigenvalue weighted by Gasteiger charge is -2.45. The molecule has 2 amide bonds. The van der Waals surface area contributed by atoms with Crippen molar-refractivity contribution >= 4 is 18.0 Å². The second kappa shape index (κ2) is 8.78. The fourth-order valence-electron chi connectivity index (χ4n) is 5.70. The molecule has 178 valence electrons. The molecule has 5 rings (SSSR count). The number of hydrogen-bond donors (Lipinski definition) is 2. The van der Waals surface area contributed by atoms with E-state index in [9.17, 15) is 19.5 Å². The van der Waals surface area contributed by atoms with Gasteiger partial charge in [0.05, 0.1) is 5.92 Å². The first-order chi connectivity index (χ1) is 16.4. The van der Waals surface area contributed by atoms with E-state index >= 15 is 0 Å². The van der Waals surface area contributed by atoms with Crippen molar-refractivity contribution in [1.82, 2.24) is 10.2 Å². The largest absolute Gasteiger partial charge is 0.481 e. The van der Waals surface area contributed by atoms with Crippen molar-refractivity contribution in [2.45, 2.75) is 44.1 Å². The van der Waals surface area contributed by atoms with Crippen LogP contribution in [0.15, 0.2) is 48.5 Å². The normalized spacial score (nSPS) is 19.6. The van der Waals surface area contributed by atoms with Crippen LogP contribution in [0.5, 0.6) is 0 Å². The van der Waals surface area contributed by atoms with Gasteiger partial charge in [-0.3, -0.25) is 9.59 Å². The first-order valence-corrected chi connectivity index (χ1v) is 12.0. The van der Waals surface area contributed by atoms with Crippen molar-refractivity contribution in [1.29, 1.82) is 0 Å². The highest BCUT2D eigenvalue weighted by Gasteiger charge is 2.49. The van der Waals surface area contributed by atoms with Crippen LogP contribution in [0.4, 0.5) is 4.79 Å². The summed E-state index contributed by atoms with van der Waals surface area (Å²) in [5.74, 6) is -1.54. The molecule has 1 atom stereocenters. The van der Waals surface area contributed by atoms with Crippen LogP contribution in [0.2, 0.25) is 0 Å². The Balaban J connectivity index is 1.24. The maximum atomic E-state index is 13.3. The van der Waals surface area contributed by atoms with E-state index < -0.39 is 23.5 Å². The lowest BCUT2D eigenvalue weighted by atomic mass is 9.84. The lowest BCUT2D eigenvalue weighted by Crippen LogP contribution is -2.64. The van der Waals surface area contributed by atoms with Gasteiger partial charge in [-0.2, -0.15) is 0 Å². The van der Waals surface area contributed by atoms with Crippen LogP contribution in [0.25, 0.3) is 11.1 Å².